The lowest BCUT2D eigenvalue weighted by molar-refractivity contribution is -0.136. The van der Waals surface area contributed by atoms with Gasteiger partial charge >= 0.3 is 5.97 Å². The molecule has 5 heteroatoms. The van der Waals surface area contributed by atoms with Gasteiger partial charge < -0.3 is 9.67 Å². The van der Waals surface area contributed by atoms with Crippen molar-refractivity contribution >= 4 is 5.97 Å². The van der Waals surface area contributed by atoms with Crippen LogP contribution in [0, 0.1) is 0 Å². The second-order valence-corrected chi connectivity index (χ2v) is 3.44. The topological polar surface area (TPSA) is 68.0 Å². The Morgan fingerprint density at radius 2 is 2.12 bits per heavy atom. The van der Waals surface area contributed by atoms with Crippen molar-refractivity contribution in [2.75, 3.05) is 0 Å². The number of nitrogens with zero attached hydrogens (tertiary/aromatic N) is 3. The highest BCUT2D eigenvalue weighted by molar-refractivity contribution is 5.70. The van der Waals surface area contributed by atoms with Crippen molar-refractivity contribution in [2.45, 2.75) is 6.42 Å². The molecule has 0 spiro atoms. The van der Waals surface area contributed by atoms with E-state index in [9.17, 15) is 4.79 Å². The molecule has 0 fully saturated rings. The van der Waals surface area contributed by atoms with Gasteiger partial charge in [-0.05, 0) is 12.1 Å². The van der Waals surface area contributed by atoms with Crippen LogP contribution in [0.4, 0.5) is 0 Å². The summed E-state index contributed by atoms with van der Waals surface area (Å²) in [7, 11) is 1.81. The summed E-state index contributed by atoms with van der Waals surface area (Å²) in [6, 6.07) is 3.68. The Balaban J connectivity index is 2.37. The van der Waals surface area contributed by atoms with Gasteiger partial charge in [0.25, 0.3) is 0 Å². The molecule has 0 atom stereocenters. The van der Waals surface area contributed by atoms with Crippen LogP contribution in [0.3, 0.4) is 0 Å². The zero-order valence-corrected chi connectivity index (χ0v) is 8.79. The summed E-state index contributed by atoms with van der Waals surface area (Å²) in [5.74, 6) is -0.108. The SMILES string of the molecule is Cn1c(CC(=O)O)cnc1-c1ccncc1. The first kappa shape index (κ1) is 10.4. The third-order valence-electron chi connectivity index (χ3n) is 2.36. The minimum absolute atomic E-state index is 0.0193. The van der Waals surface area contributed by atoms with E-state index >= 15 is 0 Å². The number of aliphatic carboxylic acids is 1. The highest BCUT2D eigenvalue weighted by Crippen LogP contribution is 2.17. The molecule has 0 aliphatic heterocycles. The number of aromatic nitrogens is 3. The van der Waals surface area contributed by atoms with Crippen LogP contribution in [0.5, 0.6) is 0 Å². The molecule has 5 nitrogen and oxygen atoms in total. The van der Waals surface area contributed by atoms with E-state index in [2.05, 4.69) is 9.97 Å². The fourth-order valence-corrected chi connectivity index (χ4v) is 1.53. The Hall–Kier alpha value is -2.17. The Morgan fingerprint density at radius 3 is 2.75 bits per heavy atom. The number of imidazole rings is 1. The number of pyridine rings is 1. The predicted octanol–water partition coefficient (Wildman–Crippen LogP) is 1.11. The summed E-state index contributed by atoms with van der Waals surface area (Å²) in [6.07, 6.45) is 4.93. The average molecular weight is 217 g/mol. The second-order valence-electron chi connectivity index (χ2n) is 3.44. The molecule has 0 aromatic carbocycles. The van der Waals surface area contributed by atoms with Gasteiger partial charge in [0.1, 0.15) is 5.82 Å². The van der Waals surface area contributed by atoms with E-state index in [4.69, 9.17) is 5.11 Å². The predicted molar refractivity (Wildman–Crippen MR) is 57.8 cm³/mol. The summed E-state index contributed by atoms with van der Waals surface area (Å²) in [6.45, 7) is 0. The number of carboxylic acids is 1. The normalized spacial score (nSPS) is 10.3. The van der Waals surface area contributed by atoms with Gasteiger partial charge in [-0.3, -0.25) is 9.78 Å². The molecule has 2 heterocycles. The molecule has 0 unspecified atom stereocenters. The number of rotatable bonds is 3. The van der Waals surface area contributed by atoms with E-state index in [0.29, 0.717) is 5.69 Å². The maximum absolute atomic E-state index is 10.6. The van der Waals surface area contributed by atoms with Gasteiger partial charge in [0.2, 0.25) is 0 Å². The van der Waals surface area contributed by atoms with Crippen LogP contribution in [-0.4, -0.2) is 25.6 Å². The van der Waals surface area contributed by atoms with Gasteiger partial charge in [0, 0.05) is 36.9 Å². The van der Waals surface area contributed by atoms with Crippen molar-refractivity contribution in [3.63, 3.8) is 0 Å². The second kappa shape index (κ2) is 4.14. The lowest BCUT2D eigenvalue weighted by Crippen LogP contribution is -2.05. The van der Waals surface area contributed by atoms with Gasteiger partial charge in [0.15, 0.2) is 0 Å². The van der Waals surface area contributed by atoms with Gasteiger partial charge in [-0.2, -0.15) is 0 Å². The molecule has 0 radical (unpaired) electrons. The average Bonchev–Trinajstić information content (AvgIpc) is 2.61. The van der Waals surface area contributed by atoms with Crippen molar-refractivity contribution < 1.29 is 9.90 Å². The maximum atomic E-state index is 10.6. The van der Waals surface area contributed by atoms with Crippen molar-refractivity contribution in [2.24, 2.45) is 7.05 Å². The van der Waals surface area contributed by atoms with Gasteiger partial charge in [-0.15, -0.1) is 0 Å². The first-order chi connectivity index (χ1) is 7.68. The third kappa shape index (κ3) is 1.93. The highest BCUT2D eigenvalue weighted by Gasteiger charge is 2.10. The molecular weight excluding hydrogens is 206 g/mol. The van der Waals surface area contributed by atoms with Crippen LogP contribution in [0.25, 0.3) is 11.4 Å². The minimum atomic E-state index is -0.857. The van der Waals surface area contributed by atoms with Gasteiger partial charge in [-0.1, -0.05) is 0 Å². The summed E-state index contributed by atoms with van der Waals surface area (Å²) in [5.41, 5.74) is 1.61. The lowest BCUT2D eigenvalue weighted by Gasteiger charge is -2.03. The van der Waals surface area contributed by atoms with Crippen LogP contribution < -0.4 is 0 Å². The molecule has 0 amide bonds. The van der Waals surface area contributed by atoms with Crippen molar-refractivity contribution in [1.82, 2.24) is 14.5 Å². The van der Waals surface area contributed by atoms with E-state index in [1.54, 1.807) is 30.2 Å². The fourth-order valence-electron chi connectivity index (χ4n) is 1.53. The van der Waals surface area contributed by atoms with Gasteiger partial charge in [-0.25, -0.2) is 4.98 Å². The molecule has 2 rings (SSSR count). The molecule has 2 aromatic rings. The first-order valence-corrected chi connectivity index (χ1v) is 4.81. The van der Waals surface area contributed by atoms with Crippen LogP contribution >= 0.6 is 0 Å². The van der Waals surface area contributed by atoms with Crippen LogP contribution in [0.1, 0.15) is 5.69 Å². The number of carbonyl (C=O) groups is 1. The summed E-state index contributed by atoms with van der Waals surface area (Å²) in [4.78, 5) is 18.8. The zero-order valence-electron chi connectivity index (χ0n) is 8.79. The zero-order chi connectivity index (χ0) is 11.5. The summed E-state index contributed by atoms with van der Waals surface area (Å²) in [5, 5.41) is 8.72. The molecule has 0 saturated carbocycles. The quantitative estimate of drug-likeness (QED) is 0.836. The molecule has 0 aliphatic rings. The highest BCUT2D eigenvalue weighted by atomic mass is 16.4. The molecule has 1 N–H and O–H groups in total. The Labute approximate surface area is 92.4 Å². The van der Waals surface area contributed by atoms with Gasteiger partial charge in [0.05, 0.1) is 6.42 Å². The van der Waals surface area contributed by atoms with Crippen molar-refractivity contribution in [1.29, 1.82) is 0 Å². The fraction of sp³-hybridized carbons (Fsp3) is 0.182. The van der Waals surface area contributed by atoms with E-state index in [1.165, 1.54) is 0 Å². The summed E-state index contributed by atoms with van der Waals surface area (Å²) < 4.78 is 1.78. The monoisotopic (exact) mass is 217 g/mol. The van der Waals surface area contributed by atoms with Crippen LogP contribution in [-0.2, 0) is 18.3 Å². The van der Waals surface area contributed by atoms with Crippen LogP contribution in [0.2, 0.25) is 0 Å². The van der Waals surface area contributed by atoms with E-state index in [1.807, 2.05) is 12.1 Å². The van der Waals surface area contributed by atoms with Crippen molar-refractivity contribution in [3.8, 4) is 11.4 Å². The Morgan fingerprint density at radius 1 is 1.44 bits per heavy atom. The number of hydrogen-bond acceptors (Lipinski definition) is 3. The number of hydrogen-bond donors (Lipinski definition) is 1. The molecule has 0 aliphatic carbocycles. The molecule has 16 heavy (non-hydrogen) atoms. The Kier molecular flexibility index (Phi) is 2.68. The largest absolute Gasteiger partial charge is 0.481 e. The molecule has 2 aromatic heterocycles. The van der Waals surface area contributed by atoms with E-state index in [-0.39, 0.29) is 6.42 Å². The minimum Gasteiger partial charge on any atom is -0.481 e. The third-order valence-corrected chi connectivity index (χ3v) is 2.36. The first-order valence-electron chi connectivity index (χ1n) is 4.81. The van der Waals surface area contributed by atoms with Crippen LogP contribution in [0.15, 0.2) is 30.7 Å². The van der Waals surface area contributed by atoms with E-state index in [0.717, 1.165) is 11.4 Å². The maximum Gasteiger partial charge on any atom is 0.309 e. The van der Waals surface area contributed by atoms with E-state index < -0.39 is 5.97 Å². The Bertz CT molecular complexity index is 505. The molecule has 82 valence electrons. The molecular formula is C11H11N3O2. The summed E-state index contributed by atoms with van der Waals surface area (Å²) >= 11 is 0. The molecule has 0 bridgehead atoms. The standard InChI is InChI=1S/C11H11N3O2/c1-14-9(6-10(15)16)7-13-11(14)8-2-4-12-5-3-8/h2-5,7H,6H2,1H3,(H,15,16). The van der Waals surface area contributed by atoms with Crippen molar-refractivity contribution in [3.05, 3.63) is 36.4 Å². The smallest absolute Gasteiger partial charge is 0.309 e. The molecule has 0 saturated heterocycles. The number of carboxylic acid groups (broad SMARTS) is 1. The lowest BCUT2D eigenvalue weighted by atomic mass is 10.2.